The summed E-state index contributed by atoms with van der Waals surface area (Å²) in [6.45, 7) is 4.32. The van der Waals surface area contributed by atoms with E-state index in [1.807, 2.05) is 37.3 Å². The van der Waals surface area contributed by atoms with Crippen molar-refractivity contribution >= 4 is 38.6 Å². The molecule has 2 aromatic heterocycles. The van der Waals surface area contributed by atoms with Crippen LogP contribution in [0.2, 0.25) is 0 Å². The fourth-order valence-electron chi connectivity index (χ4n) is 3.33. The van der Waals surface area contributed by atoms with E-state index in [9.17, 15) is 18.0 Å². The Morgan fingerprint density at radius 3 is 2.33 bits per heavy atom. The summed E-state index contributed by atoms with van der Waals surface area (Å²) >= 11 is 2.04. The third kappa shape index (κ3) is 3.85. The molecule has 8 nitrogen and oxygen atoms in total. The predicted octanol–water partition coefficient (Wildman–Crippen LogP) is 2.32. The third-order valence-corrected chi connectivity index (χ3v) is 9.57. The van der Waals surface area contributed by atoms with Crippen molar-refractivity contribution in [3.63, 3.8) is 0 Å². The van der Waals surface area contributed by atoms with Gasteiger partial charge >= 0.3 is 4.87 Å². The lowest BCUT2D eigenvalue weighted by Crippen LogP contribution is -2.50. The minimum absolute atomic E-state index is 0.0399. The van der Waals surface area contributed by atoms with Crippen molar-refractivity contribution in [2.75, 3.05) is 26.2 Å². The number of piperazine rings is 1. The smallest absolute Gasteiger partial charge is 0.305 e. The van der Waals surface area contributed by atoms with Crippen molar-refractivity contribution in [2.45, 2.75) is 18.1 Å². The molecule has 0 radical (unpaired) electrons. The molecule has 0 unspecified atom stereocenters. The number of aryl methyl sites for hydroxylation is 2. The summed E-state index contributed by atoms with van der Waals surface area (Å²) in [5, 5.41) is 0.788. The Balaban J connectivity index is 1.48. The Labute approximate surface area is 181 Å². The third-order valence-electron chi connectivity index (χ3n) is 4.89. The van der Waals surface area contributed by atoms with Gasteiger partial charge in [-0.1, -0.05) is 41.7 Å². The van der Waals surface area contributed by atoms with E-state index in [-0.39, 0.29) is 36.3 Å². The molecule has 0 aliphatic carbocycles. The Morgan fingerprint density at radius 2 is 1.73 bits per heavy atom. The monoisotopic (exact) mass is 464 g/mol. The molecule has 1 fully saturated rings. The molecular formula is C19H20N4O4S3. The van der Waals surface area contributed by atoms with Gasteiger partial charge in [-0.05, 0) is 13.8 Å². The molecule has 3 heterocycles. The molecule has 0 atom stereocenters. The fourth-order valence-corrected chi connectivity index (χ4v) is 7.23. The molecule has 11 heteroatoms. The number of hydrogen-bond acceptors (Lipinski definition) is 7. The molecule has 1 saturated heterocycles. The lowest BCUT2D eigenvalue weighted by molar-refractivity contribution is 0.0702. The predicted molar refractivity (Wildman–Crippen MR) is 117 cm³/mol. The molecular weight excluding hydrogens is 444 g/mol. The number of sulfonamides is 1. The van der Waals surface area contributed by atoms with E-state index in [0.717, 1.165) is 10.6 Å². The average Bonchev–Trinajstić information content (AvgIpc) is 3.30. The van der Waals surface area contributed by atoms with Crippen LogP contribution in [0.25, 0.3) is 10.6 Å². The number of carbonyl (C=O) groups is 1. The van der Waals surface area contributed by atoms with Crippen molar-refractivity contribution in [1.82, 2.24) is 19.2 Å². The van der Waals surface area contributed by atoms with Crippen LogP contribution in [0.3, 0.4) is 0 Å². The second-order valence-corrected chi connectivity index (χ2v) is 11.0. The topological polar surface area (TPSA) is 103 Å². The molecule has 4 rings (SSSR count). The Morgan fingerprint density at radius 1 is 1.07 bits per heavy atom. The SMILES string of the molecule is Cc1nc(-c2ccccc2)sc1C(=O)N1CCN(S(=O)(=O)c2sc(=O)[nH]c2C)CC1. The van der Waals surface area contributed by atoms with Crippen molar-refractivity contribution in [2.24, 2.45) is 0 Å². The number of carbonyl (C=O) groups excluding carboxylic acids is 1. The van der Waals surface area contributed by atoms with Gasteiger partial charge < -0.3 is 9.88 Å². The number of hydrogen-bond donors (Lipinski definition) is 1. The molecule has 3 aromatic rings. The quantitative estimate of drug-likeness (QED) is 0.638. The van der Waals surface area contributed by atoms with Crippen LogP contribution in [-0.2, 0) is 10.0 Å². The lowest BCUT2D eigenvalue weighted by atomic mass is 10.2. The molecule has 1 aromatic carbocycles. The van der Waals surface area contributed by atoms with Gasteiger partial charge in [-0.15, -0.1) is 11.3 Å². The van der Waals surface area contributed by atoms with Gasteiger partial charge in [-0.25, -0.2) is 13.4 Å². The number of benzene rings is 1. The highest BCUT2D eigenvalue weighted by Gasteiger charge is 2.33. The maximum atomic E-state index is 13.0. The molecule has 1 aliphatic rings. The van der Waals surface area contributed by atoms with Crippen molar-refractivity contribution in [3.05, 3.63) is 56.3 Å². The van der Waals surface area contributed by atoms with Gasteiger partial charge in [-0.3, -0.25) is 9.59 Å². The zero-order valence-corrected chi connectivity index (χ0v) is 18.9. The van der Waals surface area contributed by atoms with Crippen molar-refractivity contribution in [3.8, 4) is 10.6 Å². The Hall–Kier alpha value is -2.34. The average molecular weight is 465 g/mol. The summed E-state index contributed by atoms with van der Waals surface area (Å²) in [6, 6.07) is 9.68. The van der Waals surface area contributed by atoms with Gasteiger partial charge in [0.15, 0.2) is 4.21 Å². The summed E-state index contributed by atoms with van der Waals surface area (Å²) in [6.07, 6.45) is 0. The van der Waals surface area contributed by atoms with Gasteiger partial charge in [-0.2, -0.15) is 4.31 Å². The van der Waals surface area contributed by atoms with Crippen LogP contribution in [0.15, 0.2) is 39.3 Å². The van der Waals surface area contributed by atoms with Gasteiger partial charge in [0.2, 0.25) is 0 Å². The number of aromatic amines is 1. The second-order valence-electron chi connectivity index (χ2n) is 6.92. The molecule has 1 N–H and O–H groups in total. The van der Waals surface area contributed by atoms with E-state index < -0.39 is 14.9 Å². The maximum absolute atomic E-state index is 13.0. The normalized spacial score (nSPS) is 15.5. The van der Waals surface area contributed by atoms with E-state index in [2.05, 4.69) is 9.97 Å². The molecule has 158 valence electrons. The molecule has 0 bridgehead atoms. The highest BCUT2D eigenvalue weighted by atomic mass is 32.2. The fraction of sp³-hybridized carbons (Fsp3) is 0.316. The Kier molecular flexibility index (Phi) is 5.62. The van der Waals surface area contributed by atoms with Crippen LogP contribution < -0.4 is 4.87 Å². The zero-order chi connectivity index (χ0) is 21.5. The van der Waals surface area contributed by atoms with E-state index in [1.165, 1.54) is 15.6 Å². The van der Waals surface area contributed by atoms with Crippen LogP contribution in [0.1, 0.15) is 21.1 Å². The van der Waals surface area contributed by atoms with Crippen LogP contribution in [0.5, 0.6) is 0 Å². The van der Waals surface area contributed by atoms with Crippen molar-refractivity contribution in [1.29, 1.82) is 0 Å². The minimum atomic E-state index is -3.75. The number of nitrogens with zero attached hydrogens (tertiary/aromatic N) is 3. The van der Waals surface area contributed by atoms with Crippen molar-refractivity contribution < 1.29 is 13.2 Å². The van der Waals surface area contributed by atoms with Gasteiger partial charge in [0.25, 0.3) is 15.9 Å². The number of amides is 1. The highest BCUT2D eigenvalue weighted by molar-refractivity contribution is 7.91. The van der Waals surface area contributed by atoms with E-state index >= 15 is 0 Å². The zero-order valence-electron chi connectivity index (χ0n) is 16.4. The second kappa shape index (κ2) is 8.06. The first kappa shape index (κ1) is 20.9. The van der Waals surface area contributed by atoms with E-state index in [1.54, 1.807) is 11.8 Å². The van der Waals surface area contributed by atoms with Crippen LogP contribution in [-0.4, -0.2) is 59.7 Å². The molecule has 0 spiro atoms. The standard InChI is InChI=1S/C19H20N4O4S3/c1-12-15(28-16(20-12)14-6-4-3-5-7-14)17(24)22-8-10-23(11-9-22)30(26,27)18-13(2)21-19(25)29-18/h3-7H,8-11H2,1-2H3,(H,21,25). The first-order valence-electron chi connectivity index (χ1n) is 9.29. The number of aromatic nitrogens is 2. The summed E-state index contributed by atoms with van der Waals surface area (Å²) in [5.41, 5.74) is 1.98. The van der Waals surface area contributed by atoms with Gasteiger partial charge in [0.1, 0.15) is 9.88 Å². The van der Waals surface area contributed by atoms with Crippen LogP contribution >= 0.6 is 22.7 Å². The molecule has 1 aliphatic heterocycles. The van der Waals surface area contributed by atoms with E-state index in [4.69, 9.17) is 0 Å². The first-order chi connectivity index (χ1) is 14.3. The number of H-pyrrole nitrogens is 1. The largest absolute Gasteiger partial charge is 0.335 e. The van der Waals surface area contributed by atoms with Gasteiger partial charge in [0, 0.05) is 37.4 Å². The minimum Gasteiger partial charge on any atom is -0.335 e. The summed E-state index contributed by atoms with van der Waals surface area (Å²) in [4.78, 5) is 33.4. The van der Waals surface area contributed by atoms with Crippen LogP contribution in [0, 0.1) is 13.8 Å². The number of thiazole rings is 2. The highest BCUT2D eigenvalue weighted by Crippen LogP contribution is 2.29. The van der Waals surface area contributed by atoms with Gasteiger partial charge in [0.05, 0.1) is 5.69 Å². The molecule has 1 amide bonds. The molecule has 30 heavy (non-hydrogen) atoms. The molecule has 0 saturated carbocycles. The summed E-state index contributed by atoms with van der Waals surface area (Å²) < 4.78 is 27.1. The maximum Gasteiger partial charge on any atom is 0.305 e. The summed E-state index contributed by atoms with van der Waals surface area (Å²) in [5.74, 6) is -0.133. The van der Waals surface area contributed by atoms with E-state index in [0.29, 0.717) is 27.6 Å². The summed E-state index contributed by atoms with van der Waals surface area (Å²) in [7, 11) is -3.75. The first-order valence-corrected chi connectivity index (χ1v) is 12.4. The number of nitrogens with one attached hydrogen (secondary N) is 1. The Bertz CT molecular complexity index is 1240. The van der Waals surface area contributed by atoms with Crippen LogP contribution in [0.4, 0.5) is 0 Å². The lowest BCUT2D eigenvalue weighted by Gasteiger charge is -2.33. The number of rotatable bonds is 4.